The lowest BCUT2D eigenvalue weighted by molar-refractivity contribution is -0.117. The van der Waals surface area contributed by atoms with Gasteiger partial charge in [0.05, 0.1) is 19.3 Å². The molecule has 2 N–H and O–H groups in total. The van der Waals surface area contributed by atoms with Gasteiger partial charge in [-0.1, -0.05) is 38.1 Å². The fourth-order valence-electron chi connectivity index (χ4n) is 3.46. The predicted octanol–water partition coefficient (Wildman–Crippen LogP) is 4.38. The van der Waals surface area contributed by atoms with Crippen molar-refractivity contribution >= 4 is 23.2 Å². The third kappa shape index (κ3) is 6.07. The highest BCUT2D eigenvalue weighted by atomic mass is 16.5. The Morgan fingerprint density at radius 3 is 2.37 bits per heavy atom. The first-order chi connectivity index (χ1) is 14.4. The minimum atomic E-state index is -0.166. The molecular formula is C24H31N3O3. The van der Waals surface area contributed by atoms with Gasteiger partial charge < -0.3 is 15.4 Å². The molecule has 0 aliphatic heterocycles. The molecule has 0 radical (unpaired) electrons. The van der Waals surface area contributed by atoms with E-state index in [9.17, 15) is 9.59 Å². The maximum atomic E-state index is 12.8. The minimum Gasteiger partial charge on any atom is -0.495 e. The van der Waals surface area contributed by atoms with Crippen LogP contribution in [0.15, 0.2) is 42.5 Å². The van der Waals surface area contributed by atoms with Crippen molar-refractivity contribution in [2.75, 3.05) is 24.3 Å². The summed E-state index contributed by atoms with van der Waals surface area (Å²) in [6.07, 6.45) is 2.25. The first-order valence-electron chi connectivity index (χ1n) is 10.4. The van der Waals surface area contributed by atoms with Gasteiger partial charge in [0.2, 0.25) is 11.8 Å². The molecule has 6 nitrogen and oxygen atoms in total. The van der Waals surface area contributed by atoms with Crippen molar-refractivity contribution < 1.29 is 14.3 Å². The van der Waals surface area contributed by atoms with Gasteiger partial charge in [0.25, 0.3) is 0 Å². The lowest BCUT2D eigenvalue weighted by Gasteiger charge is -2.22. The average Bonchev–Trinajstić information content (AvgIpc) is 3.53. The molecule has 1 fully saturated rings. The van der Waals surface area contributed by atoms with Gasteiger partial charge in [-0.3, -0.25) is 14.5 Å². The number of carbonyl (C=O) groups excluding carboxylic acids is 2. The highest BCUT2D eigenvalue weighted by molar-refractivity contribution is 5.95. The number of hydrogen-bond acceptors (Lipinski definition) is 4. The number of methoxy groups -OCH3 is 1. The Morgan fingerprint density at radius 2 is 1.80 bits per heavy atom. The molecule has 0 unspecified atom stereocenters. The number of nitrogens with one attached hydrogen (secondary N) is 2. The topological polar surface area (TPSA) is 70.7 Å². The molecule has 30 heavy (non-hydrogen) atoms. The molecule has 2 aromatic rings. The molecule has 3 rings (SSSR count). The van der Waals surface area contributed by atoms with Crippen molar-refractivity contribution in [2.45, 2.75) is 52.1 Å². The average molecular weight is 410 g/mol. The molecule has 0 spiro atoms. The van der Waals surface area contributed by atoms with Gasteiger partial charge >= 0.3 is 0 Å². The molecule has 2 amide bonds. The quantitative estimate of drug-likeness (QED) is 0.645. The van der Waals surface area contributed by atoms with Gasteiger partial charge in [-0.15, -0.1) is 0 Å². The highest BCUT2D eigenvalue weighted by Gasteiger charge is 2.30. The standard InChI is InChI=1S/C24H31N3O3/c1-16(2)19-7-5-18(6-8-19)14-27(21-10-11-21)15-24(29)26-22-13-20(25-17(3)28)9-12-23(22)30-4/h5-9,12-13,16,21H,10-11,14-15H2,1-4H3,(H,25,28)(H,26,29). The van der Waals surface area contributed by atoms with Gasteiger partial charge in [-0.2, -0.15) is 0 Å². The number of anilines is 2. The summed E-state index contributed by atoms with van der Waals surface area (Å²) in [6, 6.07) is 14.3. The summed E-state index contributed by atoms with van der Waals surface area (Å²) in [6.45, 7) is 6.88. The van der Waals surface area contributed by atoms with E-state index in [1.807, 2.05) is 0 Å². The van der Waals surface area contributed by atoms with Crippen LogP contribution in [0, 0.1) is 0 Å². The van der Waals surface area contributed by atoms with Gasteiger partial charge in [0.1, 0.15) is 5.75 Å². The van der Waals surface area contributed by atoms with Gasteiger partial charge in [0, 0.05) is 25.2 Å². The van der Waals surface area contributed by atoms with E-state index >= 15 is 0 Å². The van der Waals surface area contributed by atoms with Crippen molar-refractivity contribution in [3.05, 3.63) is 53.6 Å². The monoisotopic (exact) mass is 409 g/mol. The van der Waals surface area contributed by atoms with Gasteiger partial charge in [-0.25, -0.2) is 0 Å². The Labute approximate surface area is 178 Å². The Morgan fingerprint density at radius 1 is 1.10 bits per heavy atom. The van der Waals surface area contributed by atoms with E-state index in [0.29, 0.717) is 35.6 Å². The van der Waals surface area contributed by atoms with Crippen LogP contribution >= 0.6 is 0 Å². The van der Waals surface area contributed by atoms with Crippen LogP contribution in [-0.2, 0) is 16.1 Å². The van der Waals surface area contributed by atoms with Crippen LogP contribution < -0.4 is 15.4 Å². The summed E-state index contributed by atoms with van der Waals surface area (Å²) >= 11 is 0. The second-order valence-electron chi connectivity index (χ2n) is 8.18. The molecule has 0 aromatic heterocycles. The van der Waals surface area contributed by atoms with E-state index in [0.717, 1.165) is 19.4 Å². The summed E-state index contributed by atoms with van der Waals surface area (Å²) in [7, 11) is 1.56. The number of benzene rings is 2. The minimum absolute atomic E-state index is 0.0982. The van der Waals surface area contributed by atoms with Crippen LogP contribution in [0.1, 0.15) is 50.7 Å². The third-order valence-corrected chi connectivity index (χ3v) is 5.24. The van der Waals surface area contributed by atoms with E-state index in [-0.39, 0.29) is 11.8 Å². The molecule has 2 aromatic carbocycles. The second-order valence-corrected chi connectivity index (χ2v) is 8.18. The van der Waals surface area contributed by atoms with E-state index in [2.05, 4.69) is 53.6 Å². The van der Waals surface area contributed by atoms with Crippen LogP contribution in [0.3, 0.4) is 0 Å². The molecule has 0 heterocycles. The summed E-state index contributed by atoms with van der Waals surface area (Å²) in [4.78, 5) is 26.3. The van der Waals surface area contributed by atoms with Crippen molar-refractivity contribution in [3.8, 4) is 5.75 Å². The summed E-state index contributed by atoms with van der Waals surface area (Å²) in [5.41, 5.74) is 3.69. The van der Waals surface area contributed by atoms with Crippen LogP contribution in [-0.4, -0.2) is 36.4 Å². The third-order valence-electron chi connectivity index (χ3n) is 5.24. The molecule has 0 saturated heterocycles. The Hall–Kier alpha value is -2.86. The number of hydrogen-bond donors (Lipinski definition) is 2. The number of carbonyl (C=O) groups is 2. The smallest absolute Gasteiger partial charge is 0.238 e. The van der Waals surface area contributed by atoms with E-state index in [1.165, 1.54) is 18.1 Å². The summed E-state index contributed by atoms with van der Waals surface area (Å²) < 4.78 is 5.36. The molecule has 160 valence electrons. The molecule has 0 atom stereocenters. The number of ether oxygens (including phenoxy) is 1. The van der Waals surface area contributed by atoms with Crippen molar-refractivity contribution in [1.82, 2.24) is 4.90 Å². The van der Waals surface area contributed by atoms with Crippen LogP contribution in [0.5, 0.6) is 5.75 Å². The Balaban J connectivity index is 1.66. The largest absolute Gasteiger partial charge is 0.495 e. The van der Waals surface area contributed by atoms with Crippen LogP contribution in [0.4, 0.5) is 11.4 Å². The Kier molecular flexibility index (Phi) is 7.11. The summed E-state index contributed by atoms with van der Waals surface area (Å²) in [5, 5.41) is 5.67. The zero-order valence-electron chi connectivity index (χ0n) is 18.2. The van der Waals surface area contributed by atoms with E-state index in [4.69, 9.17) is 4.74 Å². The predicted molar refractivity (Wildman–Crippen MR) is 120 cm³/mol. The van der Waals surface area contributed by atoms with Gasteiger partial charge in [0.15, 0.2) is 0 Å². The maximum Gasteiger partial charge on any atom is 0.238 e. The van der Waals surface area contributed by atoms with Crippen molar-refractivity contribution in [2.24, 2.45) is 0 Å². The first kappa shape index (κ1) is 21.8. The fraction of sp³-hybridized carbons (Fsp3) is 0.417. The van der Waals surface area contributed by atoms with Crippen LogP contribution in [0.25, 0.3) is 0 Å². The molecule has 0 bridgehead atoms. The lowest BCUT2D eigenvalue weighted by atomic mass is 10.0. The number of rotatable bonds is 9. The zero-order chi connectivity index (χ0) is 21.7. The van der Waals surface area contributed by atoms with Crippen molar-refractivity contribution in [1.29, 1.82) is 0 Å². The number of amides is 2. The van der Waals surface area contributed by atoms with Crippen LogP contribution in [0.2, 0.25) is 0 Å². The molecule has 1 saturated carbocycles. The second kappa shape index (κ2) is 9.76. The maximum absolute atomic E-state index is 12.8. The molecule has 1 aliphatic carbocycles. The van der Waals surface area contributed by atoms with Gasteiger partial charge in [-0.05, 0) is 48.1 Å². The zero-order valence-corrected chi connectivity index (χ0v) is 18.2. The van der Waals surface area contributed by atoms with E-state index < -0.39 is 0 Å². The number of nitrogens with zero attached hydrogens (tertiary/aromatic N) is 1. The molecule has 6 heteroatoms. The van der Waals surface area contributed by atoms with E-state index in [1.54, 1.807) is 25.3 Å². The molecule has 1 aliphatic rings. The summed E-state index contributed by atoms with van der Waals surface area (Å²) in [5.74, 6) is 0.798. The molecular weight excluding hydrogens is 378 g/mol. The highest BCUT2D eigenvalue weighted by Crippen LogP contribution is 2.30. The van der Waals surface area contributed by atoms with Crippen molar-refractivity contribution in [3.63, 3.8) is 0 Å². The Bertz CT molecular complexity index is 889. The SMILES string of the molecule is COc1ccc(NC(C)=O)cc1NC(=O)CN(Cc1ccc(C(C)C)cc1)C1CC1. The lowest BCUT2D eigenvalue weighted by Crippen LogP contribution is -2.34. The first-order valence-corrected chi connectivity index (χ1v) is 10.4. The normalized spacial score (nSPS) is 13.4. The fourth-order valence-corrected chi connectivity index (χ4v) is 3.46.